The van der Waals surface area contributed by atoms with Crippen LogP contribution in [0, 0.1) is 0 Å². The van der Waals surface area contributed by atoms with Crippen LogP contribution in [0.4, 0.5) is 5.69 Å². The number of aryl methyl sites for hydroxylation is 1. The summed E-state index contributed by atoms with van der Waals surface area (Å²) in [6, 6.07) is 6.58. The van der Waals surface area contributed by atoms with Gasteiger partial charge in [-0.05, 0) is 44.9 Å². The third kappa shape index (κ3) is 2.80. The smallest absolute Gasteiger partial charge is 0.195 e. The molecule has 1 aromatic heterocycles. The molecule has 2 heterocycles. The first-order valence-electron chi connectivity index (χ1n) is 7.36. The summed E-state index contributed by atoms with van der Waals surface area (Å²) in [5.74, 6) is 0.796. The van der Waals surface area contributed by atoms with Gasteiger partial charge in [-0.1, -0.05) is 6.92 Å². The summed E-state index contributed by atoms with van der Waals surface area (Å²) in [4.78, 5) is 4.48. The van der Waals surface area contributed by atoms with Crippen LogP contribution in [0.3, 0.4) is 0 Å². The molecule has 1 fully saturated rings. The maximum atomic E-state index is 5.75. The van der Waals surface area contributed by atoms with Crippen LogP contribution in [0.15, 0.2) is 22.6 Å². The van der Waals surface area contributed by atoms with Crippen LogP contribution in [-0.4, -0.2) is 23.2 Å². The van der Waals surface area contributed by atoms with E-state index in [4.69, 9.17) is 9.15 Å². The van der Waals surface area contributed by atoms with Gasteiger partial charge in [-0.3, -0.25) is 0 Å². The molecule has 0 bridgehead atoms. The zero-order chi connectivity index (χ0) is 14.2. The second-order valence-corrected chi connectivity index (χ2v) is 6.09. The van der Waals surface area contributed by atoms with Crippen LogP contribution >= 0.6 is 0 Å². The minimum atomic E-state index is -0.0384. The molecule has 20 heavy (non-hydrogen) atoms. The molecule has 0 saturated carbocycles. The van der Waals surface area contributed by atoms with Gasteiger partial charge in [0.15, 0.2) is 11.5 Å². The van der Waals surface area contributed by atoms with Gasteiger partial charge >= 0.3 is 0 Å². The standard InChI is InChI=1S/C16H22N2O2/c1-4-15-18-13-9-11(5-6-14(13)20-15)17-12-7-8-19-16(2,3)10-12/h5-6,9,12,17H,4,7-8,10H2,1-3H3. The van der Waals surface area contributed by atoms with E-state index in [-0.39, 0.29) is 5.60 Å². The largest absolute Gasteiger partial charge is 0.441 e. The zero-order valence-electron chi connectivity index (χ0n) is 12.4. The van der Waals surface area contributed by atoms with E-state index in [1.54, 1.807) is 0 Å². The summed E-state index contributed by atoms with van der Waals surface area (Å²) in [7, 11) is 0. The van der Waals surface area contributed by atoms with Crippen LogP contribution in [0.5, 0.6) is 0 Å². The Kier molecular flexibility index (Phi) is 3.42. The van der Waals surface area contributed by atoms with Gasteiger partial charge in [0, 0.05) is 24.8 Å². The molecular formula is C16H22N2O2. The lowest BCUT2D eigenvalue weighted by Gasteiger charge is -2.36. The number of aromatic nitrogens is 1. The summed E-state index contributed by atoms with van der Waals surface area (Å²) in [6.45, 7) is 7.16. The lowest BCUT2D eigenvalue weighted by atomic mass is 9.94. The Morgan fingerprint density at radius 3 is 3.00 bits per heavy atom. The Bertz CT molecular complexity index is 604. The number of nitrogens with zero attached hydrogens (tertiary/aromatic N) is 1. The molecule has 4 heteroatoms. The number of hydrogen-bond donors (Lipinski definition) is 1. The summed E-state index contributed by atoms with van der Waals surface area (Å²) in [6.07, 6.45) is 2.89. The van der Waals surface area contributed by atoms with E-state index in [0.29, 0.717) is 6.04 Å². The van der Waals surface area contributed by atoms with Gasteiger partial charge in [0.2, 0.25) is 0 Å². The SMILES string of the molecule is CCc1nc2cc(NC3CCOC(C)(C)C3)ccc2o1. The summed E-state index contributed by atoms with van der Waals surface area (Å²) in [5.41, 5.74) is 2.86. The molecule has 1 saturated heterocycles. The predicted molar refractivity (Wildman–Crippen MR) is 80.1 cm³/mol. The molecule has 0 aliphatic carbocycles. The lowest BCUT2D eigenvalue weighted by Crippen LogP contribution is -2.40. The molecule has 1 N–H and O–H groups in total. The number of hydrogen-bond acceptors (Lipinski definition) is 4. The third-order valence-electron chi connectivity index (χ3n) is 3.80. The molecule has 1 unspecified atom stereocenters. The van der Waals surface area contributed by atoms with E-state index in [1.165, 1.54) is 0 Å². The van der Waals surface area contributed by atoms with Crippen LogP contribution in [0.1, 0.15) is 39.5 Å². The van der Waals surface area contributed by atoms with Gasteiger partial charge in [-0.2, -0.15) is 0 Å². The highest BCUT2D eigenvalue weighted by Crippen LogP contribution is 2.27. The Labute approximate surface area is 119 Å². The average molecular weight is 274 g/mol. The predicted octanol–water partition coefficient (Wildman–Crippen LogP) is 3.76. The second kappa shape index (κ2) is 5.09. The number of ether oxygens (including phenoxy) is 1. The molecule has 1 aromatic carbocycles. The number of rotatable bonds is 3. The van der Waals surface area contributed by atoms with E-state index >= 15 is 0 Å². The van der Waals surface area contributed by atoms with E-state index in [0.717, 1.165) is 48.5 Å². The maximum Gasteiger partial charge on any atom is 0.195 e. The van der Waals surface area contributed by atoms with Crippen molar-refractivity contribution in [2.24, 2.45) is 0 Å². The molecule has 108 valence electrons. The third-order valence-corrected chi connectivity index (χ3v) is 3.80. The quantitative estimate of drug-likeness (QED) is 0.925. The molecule has 0 spiro atoms. The summed E-state index contributed by atoms with van der Waals surface area (Å²) in [5, 5.41) is 3.59. The monoisotopic (exact) mass is 274 g/mol. The average Bonchev–Trinajstić information content (AvgIpc) is 2.79. The molecule has 1 aliphatic heterocycles. The summed E-state index contributed by atoms with van der Waals surface area (Å²) < 4.78 is 11.4. The molecule has 1 aliphatic rings. The Balaban J connectivity index is 1.77. The van der Waals surface area contributed by atoms with Crippen molar-refractivity contribution in [3.63, 3.8) is 0 Å². The van der Waals surface area contributed by atoms with Crippen LogP contribution < -0.4 is 5.32 Å². The van der Waals surface area contributed by atoms with Crippen molar-refractivity contribution < 1.29 is 9.15 Å². The van der Waals surface area contributed by atoms with Gasteiger partial charge in [0.25, 0.3) is 0 Å². The lowest BCUT2D eigenvalue weighted by molar-refractivity contribution is -0.0553. The first-order chi connectivity index (χ1) is 9.55. The van der Waals surface area contributed by atoms with Crippen molar-refractivity contribution in [2.45, 2.75) is 51.7 Å². The minimum Gasteiger partial charge on any atom is -0.441 e. The highest BCUT2D eigenvalue weighted by atomic mass is 16.5. The topological polar surface area (TPSA) is 47.3 Å². The highest BCUT2D eigenvalue weighted by Gasteiger charge is 2.28. The second-order valence-electron chi connectivity index (χ2n) is 6.09. The number of nitrogens with one attached hydrogen (secondary N) is 1. The van der Waals surface area contributed by atoms with Gasteiger partial charge in [0.1, 0.15) is 5.52 Å². The van der Waals surface area contributed by atoms with E-state index in [1.807, 2.05) is 13.0 Å². The summed E-state index contributed by atoms with van der Waals surface area (Å²) >= 11 is 0. The molecular weight excluding hydrogens is 252 g/mol. The Hall–Kier alpha value is -1.55. The fourth-order valence-corrected chi connectivity index (χ4v) is 2.81. The molecule has 0 amide bonds. The van der Waals surface area contributed by atoms with E-state index in [9.17, 15) is 0 Å². The fourth-order valence-electron chi connectivity index (χ4n) is 2.81. The first kappa shape index (κ1) is 13.4. The number of benzene rings is 1. The first-order valence-corrected chi connectivity index (χ1v) is 7.36. The molecule has 4 nitrogen and oxygen atoms in total. The molecule has 0 radical (unpaired) electrons. The highest BCUT2D eigenvalue weighted by molar-refractivity contribution is 5.77. The van der Waals surface area contributed by atoms with Crippen LogP contribution in [0.2, 0.25) is 0 Å². The minimum absolute atomic E-state index is 0.0384. The number of anilines is 1. The fraction of sp³-hybridized carbons (Fsp3) is 0.562. The van der Waals surface area contributed by atoms with Crippen molar-refractivity contribution in [1.29, 1.82) is 0 Å². The normalized spacial score (nSPS) is 22.1. The van der Waals surface area contributed by atoms with Gasteiger partial charge in [-0.25, -0.2) is 4.98 Å². The van der Waals surface area contributed by atoms with E-state index in [2.05, 4.69) is 36.3 Å². The Morgan fingerprint density at radius 1 is 1.40 bits per heavy atom. The molecule has 2 aromatic rings. The van der Waals surface area contributed by atoms with Crippen molar-refractivity contribution in [3.05, 3.63) is 24.1 Å². The van der Waals surface area contributed by atoms with Crippen molar-refractivity contribution >= 4 is 16.8 Å². The van der Waals surface area contributed by atoms with Crippen LogP contribution in [-0.2, 0) is 11.2 Å². The molecule has 3 rings (SSSR count). The molecule has 1 atom stereocenters. The van der Waals surface area contributed by atoms with E-state index < -0.39 is 0 Å². The van der Waals surface area contributed by atoms with Gasteiger partial charge in [-0.15, -0.1) is 0 Å². The van der Waals surface area contributed by atoms with Crippen LogP contribution in [0.25, 0.3) is 11.1 Å². The maximum absolute atomic E-state index is 5.75. The van der Waals surface area contributed by atoms with Gasteiger partial charge in [0.05, 0.1) is 5.60 Å². The van der Waals surface area contributed by atoms with Crippen molar-refractivity contribution in [1.82, 2.24) is 4.98 Å². The number of oxazole rings is 1. The number of fused-ring (bicyclic) bond motifs is 1. The van der Waals surface area contributed by atoms with Gasteiger partial charge < -0.3 is 14.5 Å². The zero-order valence-corrected chi connectivity index (χ0v) is 12.4. The van der Waals surface area contributed by atoms with Crippen molar-refractivity contribution in [2.75, 3.05) is 11.9 Å². The Morgan fingerprint density at radius 2 is 2.25 bits per heavy atom. The van der Waals surface area contributed by atoms with Crippen molar-refractivity contribution in [3.8, 4) is 0 Å².